The Morgan fingerprint density at radius 2 is 2.14 bits per heavy atom. The Bertz CT molecular complexity index is 516. The number of fused-ring (bicyclic) bond motifs is 1. The van der Waals surface area contributed by atoms with Crippen LogP contribution in [0.5, 0.6) is 0 Å². The van der Waals surface area contributed by atoms with Gasteiger partial charge in [0.15, 0.2) is 11.0 Å². The number of halogens is 3. The molecule has 0 bridgehead atoms. The van der Waals surface area contributed by atoms with Crippen LogP contribution < -0.4 is 5.73 Å². The number of nitrogens with two attached hydrogens (primary N) is 1. The van der Waals surface area contributed by atoms with E-state index < -0.39 is 23.7 Å². The molecule has 1 unspecified atom stereocenters. The molecular formula is C11H16F3N5OS. The first-order chi connectivity index (χ1) is 9.93. The Kier molecular flexibility index (Phi) is 4.96. The number of hydrogen-bond acceptors (Lipinski definition) is 5. The van der Waals surface area contributed by atoms with Crippen molar-refractivity contribution >= 4 is 17.6 Å². The van der Waals surface area contributed by atoms with Crippen LogP contribution in [0, 0.1) is 5.92 Å². The quantitative estimate of drug-likeness (QED) is 0.291. The van der Waals surface area contributed by atoms with Gasteiger partial charge in [-0.2, -0.15) is 13.2 Å². The van der Waals surface area contributed by atoms with Gasteiger partial charge >= 0.3 is 6.18 Å². The van der Waals surface area contributed by atoms with E-state index in [1.165, 1.54) is 0 Å². The monoisotopic (exact) mass is 323 g/mol. The van der Waals surface area contributed by atoms with Gasteiger partial charge in [-0.05, 0) is 12.8 Å². The molecule has 2 heterocycles. The third-order valence-electron chi connectivity index (χ3n) is 3.32. The highest BCUT2D eigenvalue weighted by atomic mass is 32.2. The molecule has 0 radical (unpaired) electrons. The molecular weight excluding hydrogens is 307 g/mol. The van der Waals surface area contributed by atoms with E-state index in [1.807, 2.05) is 4.57 Å². The second-order valence-corrected chi connectivity index (χ2v) is 5.78. The lowest BCUT2D eigenvalue weighted by Gasteiger charge is -2.18. The number of rotatable bonds is 4. The molecule has 21 heavy (non-hydrogen) atoms. The lowest BCUT2D eigenvalue weighted by atomic mass is 10.1. The van der Waals surface area contributed by atoms with Crippen molar-refractivity contribution in [2.75, 3.05) is 5.75 Å². The summed E-state index contributed by atoms with van der Waals surface area (Å²) in [5, 5.41) is 19.4. The molecule has 1 aliphatic heterocycles. The van der Waals surface area contributed by atoms with E-state index in [9.17, 15) is 13.2 Å². The van der Waals surface area contributed by atoms with E-state index in [0.717, 1.165) is 43.3 Å². The van der Waals surface area contributed by atoms with Gasteiger partial charge < -0.3 is 15.5 Å². The van der Waals surface area contributed by atoms with Crippen LogP contribution in [0.15, 0.2) is 10.3 Å². The van der Waals surface area contributed by atoms with Crippen molar-refractivity contribution in [2.24, 2.45) is 16.8 Å². The lowest BCUT2D eigenvalue weighted by molar-refractivity contribution is -0.150. The first kappa shape index (κ1) is 15.9. The minimum Gasteiger partial charge on any atom is -0.409 e. The highest BCUT2D eigenvalue weighted by molar-refractivity contribution is 7.99. The average molecular weight is 323 g/mol. The van der Waals surface area contributed by atoms with Crippen LogP contribution in [-0.2, 0) is 13.0 Å². The third kappa shape index (κ3) is 3.80. The Hall–Kier alpha value is -1.45. The Labute approximate surface area is 123 Å². The summed E-state index contributed by atoms with van der Waals surface area (Å²) in [5.74, 6) is -2.43. The van der Waals surface area contributed by atoms with E-state index in [0.29, 0.717) is 11.7 Å². The summed E-state index contributed by atoms with van der Waals surface area (Å²) >= 11 is 0.927. The zero-order chi connectivity index (χ0) is 15.5. The van der Waals surface area contributed by atoms with Crippen molar-refractivity contribution in [1.29, 1.82) is 0 Å². The number of alkyl halides is 3. The zero-order valence-electron chi connectivity index (χ0n) is 11.2. The minimum atomic E-state index is -4.56. The van der Waals surface area contributed by atoms with Gasteiger partial charge in [0.25, 0.3) is 0 Å². The van der Waals surface area contributed by atoms with Crippen molar-refractivity contribution in [3.8, 4) is 0 Å². The number of amidine groups is 1. The topological polar surface area (TPSA) is 89.3 Å². The van der Waals surface area contributed by atoms with Crippen molar-refractivity contribution in [1.82, 2.24) is 14.8 Å². The fourth-order valence-corrected chi connectivity index (χ4v) is 3.27. The van der Waals surface area contributed by atoms with Gasteiger partial charge in [-0.1, -0.05) is 23.3 Å². The lowest BCUT2D eigenvalue weighted by Crippen LogP contribution is -2.37. The highest BCUT2D eigenvalue weighted by Crippen LogP contribution is 2.32. The molecule has 1 aromatic heterocycles. The normalized spacial score (nSPS) is 18.1. The Balaban J connectivity index is 2.10. The van der Waals surface area contributed by atoms with E-state index >= 15 is 0 Å². The van der Waals surface area contributed by atoms with Crippen molar-refractivity contribution in [2.45, 2.75) is 43.6 Å². The van der Waals surface area contributed by atoms with E-state index in [2.05, 4.69) is 15.4 Å². The standard InChI is InChI=1S/C11H16F3N5OS/c12-11(13,14)7(9(15)18-20)6-21-10-17-16-8-4-2-1-3-5-19(8)10/h7,20H,1-6H2,(H2,15,18). The zero-order valence-corrected chi connectivity index (χ0v) is 12.0. The maximum Gasteiger partial charge on any atom is 0.399 e. The highest BCUT2D eigenvalue weighted by Gasteiger charge is 2.43. The summed E-state index contributed by atoms with van der Waals surface area (Å²) in [5.41, 5.74) is 5.13. The predicted molar refractivity (Wildman–Crippen MR) is 71.3 cm³/mol. The molecule has 0 amide bonds. The van der Waals surface area contributed by atoms with E-state index in [1.54, 1.807) is 0 Å². The van der Waals surface area contributed by atoms with Gasteiger partial charge in [0.2, 0.25) is 0 Å². The van der Waals surface area contributed by atoms with Gasteiger partial charge in [0, 0.05) is 18.7 Å². The number of aryl methyl sites for hydroxylation is 1. The molecule has 10 heteroatoms. The van der Waals surface area contributed by atoms with Gasteiger partial charge in [-0.3, -0.25) is 0 Å². The first-order valence-corrected chi connectivity index (χ1v) is 7.51. The second-order valence-electron chi connectivity index (χ2n) is 4.79. The van der Waals surface area contributed by atoms with Crippen LogP contribution in [0.4, 0.5) is 13.2 Å². The van der Waals surface area contributed by atoms with Crippen LogP contribution in [0.25, 0.3) is 0 Å². The molecule has 3 N–H and O–H groups in total. The minimum absolute atomic E-state index is 0.391. The molecule has 0 fully saturated rings. The summed E-state index contributed by atoms with van der Waals surface area (Å²) < 4.78 is 40.4. The summed E-state index contributed by atoms with van der Waals surface area (Å²) in [4.78, 5) is 0. The van der Waals surface area contributed by atoms with Crippen LogP contribution in [0.1, 0.15) is 25.1 Å². The molecule has 0 aliphatic carbocycles. The molecule has 1 atom stereocenters. The van der Waals surface area contributed by atoms with Gasteiger partial charge in [0.1, 0.15) is 11.7 Å². The molecule has 0 spiro atoms. The summed E-state index contributed by atoms with van der Waals surface area (Å²) in [6, 6.07) is 0. The number of aromatic nitrogens is 3. The smallest absolute Gasteiger partial charge is 0.399 e. The Morgan fingerprint density at radius 3 is 2.81 bits per heavy atom. The Morgan fingerprint density at radius 1 is 1.38 bits per heavy atom. The van der Waals surface area contributed by atoms with Crippen LogP contribution >= 0.6 is 11.8 Å². The van der Waals surface area contributed by atoms with Crippen molar-refractivity contribution < 1.29 is 18.4 Å². The largest absolute Gasteiger partial charge is 0.409 e. The molecule has 1 aromatic rings. The van der Waals surface area contributed by atoms with Crippen molar-refractivity contribution in [3.63, 3.8) is 0 Å². The van der Waals surface area contributed by atoms with Gasteiger partial charge in [-0.15, -0.1) is 10.2 Å². The predicted octanol–water partition coefficient (Wildman–Crippen LogP) is 2.02. The van der Waals surface area contributed by atoms with Crippen LogP contribution in [0.2, 0.25) is 0 Å². The SMILES string of the molecule is NC(=NO)C(CSc1nnc2n1CCCCC2)C(F)(F)F. The molecule has 2 rings (SSSR count). The third-order valence-corrected chi connectivity index (χ3v) is 4.38. The fraction of sp³-hybridized carbons (Fsp3) is 0.727. The van der Waals surface area contributed by atoms with Crippen molar-refractivity contribution in [3.05, 3.63) is 5.82 Å². The number of hydrogen-bond donors (Lipinski definition) is 2. The molecule has 1 aliphatic rings. The summed E-state index contributed by atoms with van der Waals surface area (Å²) in [7, 11) is 0. The fourth-order valence-electron chi connectivity index (χ4n) is 2.14. The van der Waals surface area contributed by atoms with E-state index in [-0.39, 0.29) is 0 Å². The molecule has 0 saturated heterocycles. The average Bonchev–Trinajstić information content (AvgIpc) is 2.66. The second kappa shape index (κ2) is 6.54. The van der Waals surface area contributed by atoms with Crippen LogP contribution in [0.3, 0.4) is 0 Å². The molecule has 118 valence electrons. The summed E-state index contributed by atoms with van der Waals surface area (Å²) in [6.07, 6.45) is -0.732. The maximum atomic E-state index is 12.9. The molecule has 6 nitrogen and oxygen atoms in total. The van der Waals surface area contributed by atoms with E-state index in [4.69, 9.17) is 10.9 Å². The summed E-state index contributed by atoms with van der Waals surface area (Å²) in [6.45, 7) is 0.713. The number of nitrogens with zero attached hydrogens (tertiary/aromatic N) is 4. The van der Waals surface area contributed by atoms with Gasteiger partial charge in [0.05, 0.1) is 0 Å². The molecule has 0 saturated carbocycles. The molecule has 0 aromatic carbocycles. The number of thioether (sulfide) groups is 1. The number of oxime groups is 1. The first-order valence-electron chi connectivity index (χ1n) is 6.52. The maximum absolute atomic E-state index is 12.9. The van der Waals surface area contributed by atoms with Gasteiger partial charge in [-0.25, -0.2) is 0 Å². The van der Waals surface area contributed by atoms with Crippen LogP contribution in [-0.4, -0.2) is 37.7 Å².